The summed E-state index contributed by atoms with van der Waals surface area (Å²) in [5.41, 5.74) is 5.82. The van der Waals surface area contributed by atoms with Crippen LogP contribution in [0.1, 0.15) is 33.9 Å². The third kappa shape index (κ3) is 2.07. The number of nitrogens with zero attached hydrogens (tertiary/aromatic N) is 3. The number of aromatic nitrogens is 3. The SMILES string of the molecule is C[C@@H](O)[C@H]1O[C@@H](n2ccc3c(N)ncnc32)[C@]2(C)OC(C)(C)O[C@H]12. The Hall–Kier alpha value is -1.74. The number of hydrogen-bond acceptors (Lipinski definition) is 7. The Morgan fingerprint density at radius 1 is 1.33 bits per heavy atom. The predicted octanol–water partition coefficient (Wildman–Crippen LogP) is 1.20. The van der Waals surface area contributed by atoms with Gasteiger partial charge in [-0.3, -0.25) is 0 Å². The summed E-state index contributed by atoms with van der Waals surface area (Å²) < 4.78 is 20.2. The van der Waals surface area contributed by atoms with Gasteiger partial charge in [-0.1, -0.05) is 0 Å². The number of anilines is 1. The molecule has 5 atom stereocenters. The van der Waals surface area contributed by atoms with Crippen molar-refractivity contribution in [3.63, 3.8) is 0 Å². The minimum absolute atomic E-state index is 0.394. The molecule has 3 N–H and O–H groups in total. The van der Waals surface area contributed by atoms with Gasteiger partial charge in [-0.25, -0.2) is 9.97 Å². The Kier molecular flexibility index (Phi) is 3.21. The first-order valence-electron chi connectivity index (χ1n) is 8.01. The Bertz CT molecular complexity index is 789. The number of aliphatic hydroxyl groups is 1. The van der Waals surface area contributed by atoms with Crippen molar-refractivity contribution in [3.05, 3.63) is 18.6 Å². The van der Waals surface area contributed by atoms with Crippen LogP contribution in [0, 0.1) is 0 Å². The molecule has 0 bridgehead atoms. The lowest BCUT2D eigenvalue weighted by Gasteiger charge is -2.30. The Labute approximate surface area is 139 Å². The zero-order chi connectivity index (χ0) is 17.3. The molecule has 2 saturated heterocycles. The van der Waals surface area contributed by atoms with Crippen LogP contribution < -0.4 is 5.73 Å². The number of hydrogen-bond donors (Lipinski definition) is 2. The lowest BCUT2D eigenvalue weighted by molar-refractivity contribution is -0.221. The minimum atomic E-state index is -0.767. The van der Waals surface area contributed by atoms with Gasteiger partial charge in [0.05, 0.1) is 11.5 Å². The topological polar surface area (TPSA) is 105 Å². The Balaban J connectivity index is 1.83. The molecule has 0 saturated carbocycles. The maximum Gasteiger partial charge on any atom is 0.167 e. The van der Waals surface area contributed by atoms with Crippen LogP contribution in [-0.2, 0) is 14.2 Å². The summed E-state index contributed by atoms with van der Waals surface area (Å²) >= 11 is 0. The van der Waals surface area contributed by atoms with E-state index in [0.29, 0.717) is 11.5 Å². The first kappa shape index (κ1) is 15.8. The average molecular weight is 334 g/mol. The van der Waals surface area contributed by atoms with E-state index in [4.69, 9.17) is 19.9 Å². The predicted molar refractivity (Wildman–Crippen MR) is 86.0 cm³/mol. The maximum absolute atomic E-state index is 10.1. The molecular weight excluding hydrogens is 312 g/mol. The second-order valence-electron chi connectivity index (χ2n) is 7.14. The van der Waals surface area contributed by atoms with Gasteiger partial charge in [0.25, 0.3) is 0 Å². The zero-order valence-corrected chi connectivity index (χ0v) is 14.1. The fourth-order valence-electron chi connectivity index (χ4n) is 3.86. The Morgan fingerprint density at radius 3 is 2.79 bits per heavy atom. The minimum Gasteiger partial charge on any atom is -0.391 e. The lowest BCUT2D eigenvalue weighted by atomic mass is 9.94. The van der Waals surface area contributed by atoms with Crippen LogP contribution in [0.4, 0.5) is 5.82 Å². The van der Waals surface area contributed by atoms with Crippen molar-refractivity contribution in [1.29, 1.82) is 0 Å². The molecule has 0 aliphatic carbocycles. The first-order chi connectivity index (χ1) is 11.2. The molecule has 0 unspecified atom stereocenters. The van der Waals surface area contributed by atoms with Gasteiger partial charge in [0.2, 0.25) is 0 Å². The molecule has 0 radical (unpaired) electrons. The van der Waals surface area contributed by atoms with E-state index in [-0.39, 0.29) is 0 Å². The maximum atomic E-state index is 10.1. The highest BCUT2D eigenvalue weighted by atomic mass is 16.8. The third-order valence-corrected chi connectivity index (χ3v) is 4.78. The van der Waals surface area contributed by atoms with Crippen LogP contribution in [0.2, 0.25) is 0 Å². The number of nitrogen functional groups attached to an aromatic ring is 1. The molecule has 24 heavy (non-hydrogen) atoms. The summed E-state index contributed by atoms with van der Waals surface area (Å²) in [5, 5.41) is 10.9. The number of rotatable bonds is 2. The molecule has 2 aliphatic rings. The molecule has 8 nitrogen and oxygen atoms in total. The Morgan fingerprint density at radius 2 is 2.08 bits per heavy atom. The summed E-state index contributed by atoms with van der Waals surface area (Å²) in [6.45, 7) is 7.35. The fraction of sp³-hybridized carbons (Fsp3) is 0.625. The van der Waals surface area contributed by atoms with Crippen molar-refractivity contribution in [2.75, 3.05) is 5.73 Å². The van der Waals surface area contributed by atoms with Gasteiger partial charge < -0.3 is 29.6 Å². The first-order valence-corrected chi connectivity index (χ1v) is 8.01. The van der Waals surface area contributed by atoms with Crippen molar-refractivity contribution in [2.24, 2.45) is 0 Å². The number of ether oxygens (including phenoxy) is 3. The highest BCUT2D eigenvalue weighted by molar-refractivity contribution is 5.86. The van der Waals surface area contributed by atoms with Gasteiger partial charge in [-0.05, 0) is 33.8 Å². The zero-order valence-electron chi connectivity index (χ0n) is 14.1. The van der Waals surface area contributed by atoms with Gasteiger partial charge in [-0.2, -0.15) is 0 Å². The second kappa shape index (κ2) is 4.89. The van der Waals surface area contributed by atoms with E-state index >= 15 is 0 Å². The number of aliphatic hydroxyl groups excluding tert-OH is 1. The molecule has 2 fully saturated rings. The fourth-order valence-corrected chi connectivity index (χ4v) is 3.86. The lowest BCUT2D eigenvalue weighted by Crippen LogP contribution is -2.43. The van der Waals surface area contributed by atoms with Crippen molar-refractivity contribution in [1.82, 2.24) is 14.5 Å². The quantitative estimate of drug-likeness (QED) is 0.850. The van der Waals surface area contributed by atoms with Gasteiger partial charge in [0.15, 0.2) is 12.0 Å². The summed E-state index contributed by atoms with van der Waals surface area (Å²) in [6, 6.07) is 1.85. The third-order valence-electron chi connectivity index (χ3n) is 4.78. The van der Waals surface area contributed by atoms with E-state index in [1.54, 1.807) is 6.92 Å². The standard InChI is InChI=1S/C16H22N4O4/c1-8(21)10-11-16(4,24-15(2,3)23-11)14(22-10)20-6-5-9-12(17)18-7-19-13(9)20/h5-8,10-11,14,21H,1-4H3,(H2,17,18,19)/t8-,10-,11-,14-,16-/m1/s1. The van der Waals surface area contributed by atoms with Gasteiger partial charge in [0, 0.05) is 6.20 Å². The molecule has 2 aromatic rings. The van der Waals surface area contributed by atoms with Gasteiger partial charge in [-0.15, -0.1) is 0 Å². The second-order valence-corrected chi connectivity index (χ2v) is 7.14. The summed E-state index contributed by atoms with van der Waals surface area (Å²) in [7, 11) is 0. The monoisotopic (exact) mass is 334 g/mol. The molecular formula is C16H22N4O4. The van der Waals surface area contributed by atoms with Crippen LogP contribution in [0.5, 0.6) is 0 Å². The van der Waals surface area contributed by atoms with Crippen LogP contribution in [-0.4, -0.2) is 49.3 Å². The molecule has 0 spiro atoms. The summed E-state index contributed by atoms with van der Waals surface area (Å²) in [4.78, 5) is 8.35. The highest BCUT2D eigenvalue weighted by Crippen LogP contribution is 2.52. The summed E-state index contributed by atoms with van der Waals surface area (Å²) in [5.74, 6) is -0.347. The molecule has 4 rings (SSSR count). The van der Waals surface area contributed by atoms with E-state index in [1.165, 1.54) is 6.33 Å². The van der Waals surface area contributed by atoms with E-state index in [1.807, 2.05) is 37.6 Å². The molecule has 2 aliphatic heterocycles. The molecule has 0 aromatic carbocycles. The molecule has 2 aromatic heterocycles. The largest absolute Gasteiger partial charge is 0.391 e. The number of fused-ring (bicyclic) bond motifs is 2. The molecule has 8 heteroatoms. The van der Waals surface area contributed by atoms with E-state index < -0.39 is 35.9 Å². The normalized spacial score (nSPS) is 36.1. The van der Waals surface area contributed by atoms with E-state index in [0.717, 1.165) is 5.39 Å². The van der Waals surface area contributed by atoms with Crippen LogP contribution >= 0.6 is 0 Å². The van der Waals surface area contributed by atoms with Crippen LogP contribution in [0.25, 0.3) is 11.0 Å². The van der Waals surface area contributed by atoms with Crippen molar-refractivity contribution in [3.8, 4) is 0 Å². The van der Waals surface area contributed by atoms with Gasteiger partial charge in [0.1, 0.15) is 35.6 Å². The highest BCUT2D eigenvalue weighted by Gasteiger charge is 2.65. The molecule has 4 heterocycles. The summed E-state index contributed by atoms with van der Waals surface area (Å²) in [6.07, 6.45) is 1.17. The van der Waals surface area contributed by atoms with Crippen molar-refractivity contribution in [2.45, 2.75) is 63.6 Å². The smallest absolute Gasteiger partial charge is 0.167 e. The van der Waals surface area contributed by atoms with Crippen LogP contribution in [0.15, 0.2) is 18.6 Å². The van der Waals surface area contributed by atoms with Crippen molar-refractivity contribution >= 4 is 16.9 Å². The van der Waals surface area contributed by atoms with E-state index in [2.05, 4.69) is 9.97 Å². The average Bonchev–Trinajstić information content (AvgIpc) is 3.07. The molecule has 130 valence electrons. The van der Waals surface area contributed by atoms with Gasteiger partial charge >= 0.3 is 0 Å². The van der Waals surface area contributed by atoms with Crippen LogP contribution in [0.3, 0.4) is 0 Å². The van der Waals surface area contributed by atoms with E-state index in [9.17, 15) is 5.11 Å². The van der Waals surface area contributed by atoms with Crippen molar-refractivity contribution < 1.29 is 19.3 Å². The number of nitrogens with two attached hydrogens (primary N) is 1. The molecule has 0 amide bonds.